The van der Waals surface area contributed by atoms with E-state index in [4.69, 9.17) is 0 Å². The van der Waals surface area contributed by atoms with Crippen LogP contribution in [0.25, 0.3) is 0 Å². The van der Waals surface area contributed by atoms with E-state index >= 15 is 0 Å². The summed E-state index contributed by atoms with van der Waals surface area (Å²) in [5.74, 6) is -0.556. The molecule has 1 heterocycles. The Morgan fingerprint density at radius 2 is 1.68 bits per heavy atom. The normalized spacial score (nSPS) is 11.3. The first-order valence-corrected chi connectivity index (χ1v) is 5.57. The SMILES string of the molecule is O=C(Cc1ccncc1)c1ccccc1C(F)(F)F. The summed E-state index contributed by atoms with van der Waals surface area (Å²) in [7, 11) is 0. The highest BCUT2D eigenvalue weighted by atomic mass is 19.4. The number of halogens is 3. The number of Topliss-reactive ketones (excluding diaryl/α,β-unsaturated/α-hetero) is 1. The molecule has 1 aromatic carbocycles. The highest BCUT2D eigenvalue weighted by Crippen LogP contribution is 2.32. The van der Waals surface area contributed by atoms with E-state index < -0.39 is 17.5 Å². The minimum absolute atomic E-state index is 0.0738. The number of benzene rings is 1. The second kappa shape index (κ2) is 5.22. The molecule has 0 unspecified atom stereocenters. The predicted molar refractivity (Wildman–Crippen MR) is 63.7 cm³/mol. The van der Waals surface area contributed by atoms with Crippen molar-refractivity contribution in [2.75, 3.05) is 0 Å². The van der Waals surface area contributed by atoms with Crippen LogP contribution in [0.15, 0.2) is 48.8 Å². The Bertz CT molecular complexity index is 579. The Kier molecular flexibility index (Phi) is 3.64. The van der Waals surface area contributed by atoms with Gasteiger partial charge in [0.25, 0.3) is 0 Å². The Morgan fingerprint density at radius 1 is 1.05 bits per heavy atom. The van der Waals surface area contributed by atoms with Gasteiger partial charge in [0.1, 0.15) is 0 Å². The molecule has 0 fully saturated rings. The van der Waals surface area contributed by atoms with Crippen molar-refractivity contribution in [2.24, 2.45) is 0 Å². The molecule has 19 heavy (non-hydrogen) atoms. The van der Waals surface area contributed by atoms with Crippen molar-refractivity contribution in [2.45, 2.75) is 12.6 Å². The number of pyridine rings is 1. The lowest BCUT2D eigenvalue weighted by Crippen LogP contribution is -2.14. The van der Waals surface area contributed by atoms with Crippen molar-refractivity contribution < 1.29 is 18.0 Å². The van der Waals surface area contributed by atoms with E-state index in [-0.39, 0.29) is 12.0 Å². The van der Waals surface area contributed by atoms with E-state index in [9.17, 15) is 18.0 Å². The summed E-state index contributed by atoms with van der Waals surface area (Å²) in [6.07, 6.45) is -1.60. The van der Waals surface area contributed by atoms with E-state index in [0.29, 0.717) is 5.56 Å². The topological polar surface area (TPSA) is 30.0 Å². The number of nitrogens with zero attached hydrogens (tertiary/aromatic N) is 1. The smallest absolute Gasteiger partial charge is 0.294 e. The molecule has 0 radical (unpaired) electrons. The molecule has 1 aromatic heterocycles. The van der Waals surface area contributed by atoms with Crippen LogP contribution in [0.5, 0.6) is 0 Å². The third kappa shape index (κ3) is 3.19. The summed E-state index contributed by atoms with van der Waals surface area (Å²) in [6, 6.07) is 8.02. The maximum absolute atomic E-state index is 12.8. The van der Waals surface area contributed by atoms with Crippen LogP contribution in [-0.4, -0.2) is 10.8 Å². The fourth-order valence-corrected chi connectivity index (χ4v) is 1.75. The second-order valence-electron chi connectivity index (χ2n) is 4.00. The Morgan fingerprint density at radius 3 is 2.32 bits per heavy atom. The summed E-state index contributed by atoms with van der Waals surface area (Å²) in [5, 5.41) is 0. The standard InChI is InChI=1S/C14H10F3NO/c15-14(16,17)12-4-2-1-3-11(12)13(19)9-10-5-7-18-8-6-10/h1-8H,9H2. The fraction of sp³-hybridized carbons (Fsp3) is 0.143. The first kappa shape index (κ1) is 13.3. The highest BCUT2D eigenvalue weighted by Gasteiger charge is 2.34. The average molecular weight is 265 g/mol. The van der Waals surface area contributed by atoms with Gasteiger partial charge in [-0.1, -0.05) is 18.2 Å². The van der Waals surface area contributed by atoms with E-state index in [1.165, 1.54) is 30.6 Å². The van der Waals surface area contributed by atoms with Crippen molar-refractivity contribution in [1.82, 2.24) is 4.98 Å². The first-order valence-electron chi connectivity index (χ1n) is 5.57. The molecule has 0 atom stereocenters. The van der Waals surface area contributed by atoms with Gasteiger partial charge in [0.2, 0.25) is 0 Å². The van der Waals surface area contributed by atoms with Crippen molar-refractivity contribution in [3.63, 3.8) is 0 Å². The van der Waals surface area contributed by atoms with Gasteiger partial charge in [-0.2, -0.15) is 13.2 Å². The maximum Gasteiger partial charge on any atom is 0.417 e. The summed E-state index contributed by atoms with van der Waals surface area (Å²) >= 11 is 0. The van der Waals surface area contributed by atoms with E-state index in [1.54, 1.807) is 12.1 Å². The highest BCUT2D eigenvalue weighted by molar-refractivity contribution is 5.99. The quantitative estimate of drug-likeness (QED) is 0.795. The van der Waals surface area contributed by atoms with Crippen LogP contribution in [0.4, 0.5) is 13.2 Å². The summed E-state index contributed by atoms with van der Waals surface area (Å²) < 4.78 is 38.4. The summed E-state index contributed by atoms with van der Waals surface area (Å²) in [5.41, 5.74) is -0.558. The molecule has 0 saturated heterocycles. The molecule has 5 heteroatoms. The third-order valence-corrected chi connectivity index (χ3v) is 2.65. The molecular weight excluding hydrogens is 255 g/mol. The van der Waals surface area contributed by atoms with Gasteiger partial charge in [-0.3, -0.25) is 9.78 Å². The molecule has 2 nitrogen and oxygen atoms in total. The second-order valence-corrected chi connectivity index (χ2v) is 4.00. The summed E-state index contributed by atoms with van der Waals surface area (Å²) in [6.45, 7) is 0. The molecule has 0 bridgehead atoms. The van der Waals surface area contributed by atoms with Crippen LogP contribution < -0.4 is 0 Å². The van der Waals surface area contributed by atoms with Crippen molar-refractivity contribution >= 4 is 5.78 Å². The van der Waals surface area contributed by atoms with Crippen LogP contribution in [0.2, 0.25) is 0 Å². The zero-order valence-corrected chi connectivity index (χ0v) is 9.82. The lowest BCUT2D eigenvalue weighted by molar-refractivity contribution is -0.137. The number of alkyl halides is 3. The van der Waals surface area contributed by atoms with Crippen LogP contribution in [0.1, 0.15) is 21.5 Å². The zero-order valence-electron chi connectivity index (χ0n) is 9.82. The zero-order chi connectivity index (χ0) is 13.9. The molecule has 2 rings (SSSR count). The monoisotopic (exact) mass is 265 g/mol. The van der Waals surface area contributed by atoms with Gasteiger partial charge in [-0.15, -0.1) is 0 Å². The molecule has 0 aliphatic heterocycles. The molecule has 0 N–H and O–H groups in total. The number of hydrogen-bond donors (Lipinski definition) is 0. The Balaban J connectivity index is 2.30. The van der Waals surface area contributed by atoms with Crippen LogP contribution >= 0.6 is 0 Å². The van der Waals surface area contributed by atoms with Gasteiger partial charge in [0.05, 0.1) is 5.56 Å². The molecule has 0 amide bonds. The van der Waals surface area contributed by atoms with Crippen molar-refractivity contribution in [3.8, 4) is 0 Å². The van der Waals surface area contributed by atoms with Gasteiger partial charge < -0.3 is 0 Å². The van der Waals surface area contributed by atoms with Crippen LogP contribution in [0.3, 0.4) is 0 Å². The molecule has 0 aliphatic carbocycles. The molecule has 0 spiro atoms. The minimum Gasteiger partial charge on any atom is -0.294 e. The molecule has 0 aliphatic rings. The average Bonchev–Trinajstić information content (AvgIpc) is 2.39. The molecule has 2 aromatic rings. The number of aromatic nitrogens is 1. The van der Waals surface area contributed by atoms with E-state index in [0.717, 1.165) is 6.07 Å². The molecule has 0 saturated carbocycles. The van der Waals surface area contributed by atoms with Gasteiger partial charge in [-0.25, -0.2) is 0 Å². The Hall–Kier alpha value is -2.17. The fourth-order valence-electron chi connectivity index (χ4n) is 1.75. The van der Waals surface area contributed by atoms with E-state index in [1.807, 2.05) is 0 Å². The van der Waals surface area contributed by atoms with Crippen LogP contribution in [0, 0.1) is 0 Å². The number of hydrogen-bond acceptors (Lipinski definition) is 2. The van der Waals surface area contributed by atoms with Gasteiger partial charge in [0.15, 0.2) is 5.78 Å². The number of rotatable bonds is 3. The summed E-state index contributed by atoms with van der Waals surface area (Å²) in [4.78, 5) is 15.8. The predicted octanol–water partition coefficient (Wildman–Crippen LogP) is 3.53. The molecular formula is C14H10F3NO. The lowest BCUT2D eigenvalue weighted by atomic mass is 9.99. The van der Waals surface area contributed by atoms with Gasteiger partial charge >= 0.3 is 6.18 Å². The van der Waals surface area contributed by atoms with Crippen molar-refractivity contribution in [3.05, 3.63) is 65.5 Å². The largest absolute Gasteiger partial charge is 0.417 e. The number of ketones is 1. The minimum atomic E-state index is -4.52. The van der Waals surface area contributed by atoms with Crippen LogP contribution in [-0.2, 0) is 12.6 Å². The lowest BCUT2D eigenvalue weighted by Gasteiger charge is -2.11. The van der Waals surface area contributed by atoms with Crippen molar-refractivity contribution in [1.29, 1.82) is 0 Å². The Labute approximate surface area is 107 Å². The van der Waals surface area contributed by atoms with E-state index in [2.05, 4.69) is 4.98 Å². The maximum atomic E-state index is 12.8. The first-order chi connectivity index (χ1) is 8.98. The molecule has 98 valence electrons. The number of carbonyl (C=O) groups is 1. The van der Waals surface area contributed by atoms with Gasteiger partial charge in [-0.05, 0) is 23.8 Å². The third-order valence-electron chi connectivity index (χ3n) is 2.65. The van der Waals surface area contributed by atoms with Gasteiger partial charge in [0, 0.05) is 24.4 Å². The number of carbonyl (C=O) groups excluding carboxylic acids is 1.